The maximum Gasteiger partial charge on any atom is 0.253 e. The summed E-state index contributed by atoms with van der Waals surface area (Å²) in [5.41, 5.74) is 1.81. The van der Waals surface area contributed by atoms with Gasteiger partial charge in [-0.3, -0.25) is 9.59 Å². The van der Waals surface area contributed by atoms with Crippen LogP contribution in [-0.2, 0) is 4.79 Å². The molecule has 29 heavy (non-hydrogen) atoms. The van der Waals surface area contributed by atoms with Gasteiger partial charge in [0.2, 0.25) is 5.91 Å². The summed E-state index contributed by atoms with van der Waals surface area (Å²) in [4.78, 5) is 29.6. The maximum absolute atomic E-state index is 12.7. The molecule has 7 heteroatoms. The molecule has 1 aromatic heterocycles. The Balaban J connectivity index is 1.74. The van der Waals surface area contributed by atoms with Crippen LogP contribution in [0.5, 0.6) is 0 Å². The predicted octanol–water partition coefficient (Wildman–Crippen LogP) is 4.96. The van der Waals surface area contributed by atoms with Crippen molar-refractivity contribution in [1.29, 1.82) is 0 Å². The number of benzene rings is 2. The topological polar surface area (TPSA) is 71.1 Å². The molecule has 0 spiro atoms. The van der Waals surface area contributed by atoms with Gasteiger partial charge >= 0.3 is 0 Å². The molecule has 2 N–H and O–H groups in total. The minimum absolute atomic E-state index is 0.0739. The van der Waals surface area contributed by atoms with Gasteiger partial charge in [-0.05, 0) is 36.1 Å². The van der Waals surface area contributed by atoms with Crippen LogP contribution in [0.1, 0.15) is 28.4 Å². The fourth-order valence-corrected chi connectivity index (χ4v) is 3.38. The summed E-state index contributed by atoms with van der Waals surface area (Å²) in [6, 6.07) is 19.3. The standard InChI is InChI=1S/C22H20ClN3O2S/c1-29-21-12-11-16(14-24-21)25-20(27)13-19(15-7-3-2-4-8-15)26-22(28)17-9-5-6-10-18(17)23/h2-12,14,19H,13H2,1H3,(H,25,27)(H,26,28). The Hall–Kier alpha value is -2.83. The second-order valence-corrected chi connectivity index (χ2v) is 7.49. The maximum atomic E-state index is 12.7. The van der Waals surface area contributed by atoms with Crippen molar-refractivity contribution >= 4 is 40.9 Å². The molecule has 1 atom stereocenters. The molecule has 0 saturated heterocycles. The van der Waals surface area contributed by atoms with E-state index in [0.29, 0.717) is 16.3 Å². The van der Waals surface area contributed by atoms with Crippen LogP contribution in [0.15, 0.2) is 78.0 Å². The van der Waals surface area contributed by atoms with Crippen molar-refractivity contribution in [1.82, 2.24) is 10.3 Å². The Labute approximate surface area is 178 Å². The van der Waals surface area contributed by atoms with E-state index in [2.05, 4.69) is 15.6 Å². The minimum Gasteiger partial charge on any atom is -0.345 e. The van der Waals surface area contributed by atoms with Crippen molar-refractivity contribution in [2.45, 2.75) is 17.5 Å². The van der Waals surface area contributed by atoms with Crippen LogP contribution >= 0.6 is 23.4 Å². The summed E-state index contributed by atoms with van der Waals surface area (Å²) in [6.07, 6.45) is 3.63. The second kappa shape index (κ2) is 10.1. The third-order valence-corrected chi connectivity index (χ3v) is 5.23. The molecule has 1 unspecified atom stereocenters. The summed E-state index contributed by atoms with van der Waals surface area (Å²) >= 11 is 7.67. The highest BCUT2D eigenvalue weighted by atomic mass is 35.5. The Bertz CT molecular complexity index is 981. The van der Waals surface area contributed by atoms with E-state index in [0.717, 1.165) is 10.6 Å². The van der Waals surface area contributed by atoms with Crippen molar-refractivity contribution in [2.24, 2.45) is 0 Å². The Morgan fingerprint density at radius 2 is 1.76 bits per heavy atom. The van der Waals surface area contributed by atoms with E-state index in [1.807, 2.05) is 42.7 Å². The van der Waals surface area contributed by atoms with E-state index in [1.165, 1.54) is 11.8 Å². The van der Waals surface area contributed by atoms with E-state index in [4.69, 9.17) is 11.6 Å². The van der Waals surface area contributed by atoms with Crippen molar-refractivity contribution < 1.29 is 9.59 Å². The molecule has 0 aliphatic heterocycles. The van der Waals surface area contributed by atoms with Gasteiger partial charge in [0.05, 0.1) is 40.0 Å². The Kier molecular flexibility index (Phi) is 7.27. The molecule has 0 saturated carbocycles. The van der Waals surface area contributed by atoms with Gasteiger partial charge in [0.15, 0.2) is 0 Å². The first kappa shape index (κ1) is 20.9. The number of rotatable bonds is 7. The quantitative estimate of drug-likeness (QED) is 0.525. The van der Waals surface area contributed by atoms with Gasteiger partial charge in [0.25, 0.3) is 5.91 Å². The molecule has 3 rings (SSSR count). The predicted molar refractivity (Wildman–Crippen MR) is 117 cm³/mol. The molecule has 3 aromatic rings. The lowest BCUT2D eigenvalue weighted by molar-refractivity contribution is -0.116. The van der Waals surface area contributed by atoms with Crippen LogP contribution in [0.25, 0.3) is 0 Å². The van der Waals surface area contributed by atoms with Gasteiger partial charge in [-0.2, -0.15) is 0 Å². The zero-order valence-electron chi connectivity index (χ0n) is 15.8. The van der Waals surface area contributed by atoms with Crippen LogP contribution in [0.2, 0.25) is 5.02 Å². The van der Waals surface area contributed by atoms with Crippen LogP contribution in [0.4, 0.5) is 5.69 Å². The van der Waals surface area contributed by atoms with Gasteiger partial charge in [-0.25, -0.2) is 4.98 Å². The summed E-state index contributed by atoms with van der Waals surface area (Å²) in [5, 5.41) is 6.99. The van der Waals surface area contributed by atoms with Crippen molar-refractivity contribution in [3.05, 3.63) is 89.1 Å². The fourth-order valence-electron chi connectivity index (χ4n) is 2.79. The number of halogens is 1. The van der Waals surface area contributed by atoms with E-state index in [-0.39, 0.29) is 18.2 Å². The van der Waals surface area contributed by atoms with Crippen LogP contribution in [0, 0.1) is 0 Å². The number of aromatic nitrogens is 1. The van der Waals surface area contributed by atoms with Crippen molar-refractivity contribution in [3.63, 3.8) is 0 Å². The van der Waals surface area contributed by atoms with Gasteiger partial charge in [-0.1, -0.05) is 54.1 Å². The fraction of sp³-hybridized carbons (Fsp3) is 0.136. The SMILES string of the molecule is CSc1ccc(NC(=O)CC(NC(=O)c2ccccc2Cl)c2ccccc2)cn1. The molecular formula is C22H20ClN3O2S. The number of amides is 2. The van der Waals surface area contributed by atoms with Crippen molar-refractivity contribution in [2.75, 3.05) is 11.6 Å². The molecule has 2 aromatic carbocycles. The number of pyridine rings is 1. The number of hydrogen-bond donors (Lipinski definition) is 2. The number of nitrogens with zero attached hydrogens (tertiary/aromatic N) is 1. The zero-order chi connectivity index (χ0) is 20.6. The highest BCUT2D eigenvalue weighted by Gasteiger charge is 2.20. The molecule has 0 fully saturated rings. The van der Waals surface area contributed by atoms with Crippen LogP contribution in [-0.4, -0.2) is 23.1 Å². The lowest BCUT2D eigenvalue weighted by Crippen LogP contribution is -2.31. The lowest BCUT2D eigenvalue weighted by Gasteiger charge is -2.19. The lowest BCUT2D eigenvalue weighted by atomic mass is 10.0. The first-order valence-corrected chi connectivity index (χ1v) is 10.6. The number of nitrogens with one attached hydrogen (secondary N) is 2. The first-order chi connectivity index (χ1) is 14.1. The number of anilines is 1. The molecular weight excluding hydrogens is 406 g/mol. The third-order valence-electron chi connectivity index (χ3n) is 4.24. The molecule has 1 heterocycles. The molecule has 2 amide bonds. The number of carbonyl (C=O) groups is 2. The highest BCUT2D eigenvalue weighted by molar-refractivity contribution is 7.98. The van der Waals surface area contributed by atoms with Crippen LogP contribution < -0.4 is 10.6 Å². The largest absolute Gasteiger partial charge is 0.345 e. The van der Waals surface area contributed by atoms with E-state index in [1.54, 1.807) is 36.5 Å². The van der Waals surface area contributed by atoms with Gasteiger partial charge in [0.1, 0.15) is 0 Å². The van der Waals surface area contributed by atoms with Gasteiger partial charge in [-0.15, -0.1) is 11.8 Å². The first-order valence-electron chi connectivity index (χ1n) is 8.97. The normalized spacial score (nSPS) is 11.5. The smallest absolute Gasteiger partial charge is 0.253 e. The average molecular weight is 426 g/mol. The summed E-state index contributed by atoms with van der Waals surface area (Å²) in [5.74, 6) is -0.555. The second-order valence-electron chi connectivity index (χ2n) is 6.26. The number of hydrogen-bond acceptors (Lipinski definition) is 4. The van der Waals surface area contributed by atoms with Crippen molar-refractivity contribution in [3.8, 4) is 0 Å². The molecule has 0 aliphatic rings. The van der Waals surface area contributed by atoms with Gasteiger partial charge in [0, 0.05) is 0 Å². The molecule has 5 nitrogen and oxygen atoms in total. The Morgan fingerprint density at radius 3 is 2.41 bits per heavy atom. The minimum atomic E-state index is -0.501. The van der Waals surface area contributed by atoms with E-state index < -0.39 is 6.04 Å². The van der Waals surface area contributed by atoms with Crippen LogP contribution in [0.3, 0.4) is 0 Å². The number of carbonyl (C=O) groups excluding carboxylic acids is 2. The summed E-state index contributed by atoms with van der Waals surface area (Å²) in [7, 11) is 0. The summed E-state index contributed by atoms with van der Waals surface area (Å²) in [6.45, 7) is 0. The number of thioether (sulfide) groups is 1. The molecule has 0 bridgehead atoms. The summed E-state index contributed by atoms with van der Waals surface area (Å²) < 4.78 is 0. The zero-order valence-corrected chi connectivity index (χ0v) is 17.3. The van der Waals surface area contributed by atoms with Gasteiger partial charge < -0.3 is 10.6 Å². The monoisotopic (exact) mass is 425 g/mol. The Morgan fingerprint density at radius 1 is 1.03 bits per heavy atom. The molecule has 148 valence electrons. The molecule has 0 aliphatic carbocycles. The third kappa shape index (κ3) is 5.82. The van der Waals surface area contributed by atoms with E-state index in [9.17, 15) is 9.59 Å². The van der Waals surface area contributed by atoms with E-state index >= 15 is 0 Å². The average Bonchev–Trinajstić information content (AvgIpc) is 2.74. The highest BCUT2D eigenvalue weighted by Crippen LogP contribution is 2.21. The molecule has 0 radical (unpaired) electrons.